The Morgan fingerprint density at radius 2 is 1.70 bits per heavy atom. The fourth-order valence-electron chi connectivity index (χ4n) is 3.51. The standard InChI is InChI=1S/C23H17FN4OS/c24-18-12-6-4-10-16(18)21-25-19-13-7-5-11-17(19)20-22(29)26-23(27-28(20)21)30-14-15-8-2-1-3-9-15/h1-13,21H,14H2,(H,26,27,29)/t21-/m0/s1. The van der Waals surface area contributed by atoms with Gasteiger partial charge >= 0.3 is 0 Å². The Morgan fingerprint density at radius 3 is 2.53 bits per heavy atom. The van der Waals surface area contributed by atoms with Crippen LogP contribution >= 0.6 is 11.8 Å². The summed E-state index contributed by atoms with van der Waals surface area (Å²) in [4.78, 5) is 17.8. The lowest BCUT2D eigenvalue weighted by atomic mass is 10.1. The van der Waals surface area contributed by atoms with Gasteiger partial charge in [0.05, 0.1) is 5.36 Å². The number of hydrazone groups is 1. The van der Waals surface area contributed by atoms with Crippen molar-refractivity contribution in [2.75, 3.05) is 0 Å². The number of halogens is 1. The predicted molar refractivity (Wildman–Crippen MR) is 115 cm³/mol. The van der Waals surface area contributed by atoms with E-state index >= 15 is 0 Å². The first-order valence-corrected chi connectivity index (χ1v) is 10.5. The van der Waals surface area contributed by atoms with E-state index in [-0.39, 0.29) is 11.7 Å². The summed E-state index contributed by atoms with van der Waals surface area (Å²) < 4.78 is 14.6. The van der Waals surface area contributed by atoms with E-state index in [2.05, 4.69) is 10.4 Å². The number of para-hydroxylation sites is 1. The molecule has 0 spiro atoms. The van der Waals surface area contributed by atoms with E-state index in [1.807, 2.05) is 54.6 Å². The minimum atomic E-state index is -0.755. The van der Waals surface area contributed by atoms with Crippen molar-refractivity contribution in [3.05, 3.63) is 106 Å². The van der Waals surface area contributed by atoms with E-state index in [1.54, 1.807) is 18.2 Å². The van der Waals surface area contributed by atoms with Gasteiger partial charge in [0.1, 0.15) is 11.5 Å². The van der Waals surface area contributed by atoms with Gasteiger partial charge in [0.25, 0.3) is 5.91 Å². The quantitative estimate of drug-likeness (QED) is 0.714. The summed E-state index contributed by atoms with van der Waals surface area (Å²) in [5.74, 6) is -0.00443. The number of carbonyl (C=O) groups is 1. The Labute approximate surface area is 176 Å². The molecule has 0 unspecified atom stereocenters. The molecule has 5 rings (SSSR count). The Hall–Kier alpha value is -3.45. The molecule has 2 aliphatic heterocycles. The van der Waals surface area contributed by atoms with Crippen LogP contribution in [0.25, 0.3) is 5.70 Å². The Morgan fingerprint density at radius 1 is 0.967 bits per heavy atom. The van der Waals surface area contributed by atoms with Gasteiger partial charge in [-0.3, -0.25) is 15.1 Å². The van der Waals surface area contributed by atoms with E-state index < -0.39 is 6.17 Å². The van der Waals surface area contributed by atoms with Crippen molar-refractivity contribution in [1.82, 2.24) is 10.3 Å². The zero-order valence-electron chi connectivity index (χ0n) is 15.8. The number of amidine groups is 1. The molecule has 3 aromatic rings. The molecule has 2 heterocycles. The molecule has 1 atom stereocenters. The molecular weight excluding hydrogens is 399 g/mol. The molecule has 0 aliphatic carbocycles. The molecule has 1 N–H and O–H groups in total. The summed E-state index contributed by atoms with van der Waals surface area (Å²) in [5.41, 5.74) is 1.86. The highest BCUT2D eigenvalue weighted by Crippen LogP contribution is 2.32. The van der Waals surface area contributed by atoms with Gasteiger partial charge < -0.3 is 0 Å². The first-order valence-electron chi connectivity index (χ1n) is 9.48. The van der Waals surface area contributed by atoms with Crippen LogP contribution in [0.4, 0.5) is 4.39 Å². The minimum absolute atomic E-state index is 0.274. The molecule has 2 aliphatic rings. The van der Waals surface area contributed by atoms with Crippen LogP contribution < -0.4 is 15.9 Å². The van der Waals surface area contributed by atoms with Crippen molar-refractivity contribution in [2.24, 2.45) is 10.1 Å². The normalized spacial score (nSPS) is 17.4. The third-order valence-corrected chi connectivity index (χ3v) is 5.85. The summed E-state index contributed by atoms with van der Waals surface area (Å²) in [6.45, 7) is 0. The summed E-state index contributed by atoms with van der Waals surface area (Å²) in [5, 5.41) is 10.8. The van der Waals surface area contributed by atoms with Crippen LogP contribution in [0.3, 0.4) is 0 Å². The minimum Gasteiger partial charge on any atom is -0.298 e. The number of rotatable bonds is 3. The maximum Gasteiger partial charge on any atom is 0.276 e. The Kier molecular flexibility index (Phi) is 4.80. The smallest absolute Gasteiger partial charge is 0.276 e. The van der Waals surface area contributed by atoms with Gasteiger partial charge in [-0.2, -0.15) is 0 Å². The lowest BCUT2D eigenvalue weighted by molar-refractivity contribution is -0.116. The lowest BCUT2D eigenvalue weighted by Crippen LogP contribution is -2.50. The van der Waals surface area contributed by atoms with Crippen LogP contribution in [-0.4, -0.2) is 16.1 Å². The Balaban J connectivity index is 1.59. The SMILES string of the molecule is O=C1NC(SCc2ccccc2)=NN2C1=c1ccccc1=N[C@@H]2c1ccccc1F. The second-order valence-corrected chi connectivity index (χ2v) is 7.83. The average molecular weight is 416 g/mol. The molecule has 0 fully saturated rings. The van der Waals surface area contributed by atoms with E-state index in [0.29, 0.717) is 32.8 Å². The zero-order valence-corrected chi connectivity index (χ0v) is 16.6. The number of amides is 1. The topological polar surface area (TPSA) is 57.1 Å². The van der Waals surface area contributed by atoms with Gasteiger partial charge in [-0.05, 0) is 17.7 Å². The average Bonchev–Trinajstić information content (AvgIpc) is 2.78. The largest absolute Gasteiger partial charge is 0.298 e. The van der Waals surface area contributed by atoms with Gasteiger partial charge in [0, 0.05) is 16.5 Å². The number of carbonyl (C=O) groups excluding carboxylic acids is 1. The van der Waals surface area contributed by atoms with Crippen molar-refractivity contribution in [3.8, 4) is 0 Å². The summed E-state index contributed by atoms with van der Waals surface area (Å²) in [6.07, 6.45) is -0.755. The van der Waals surface area contributed by atoms with Crippen LogP contribution in [0.5, 0.6) is 0 Å². The molecule has 5 nitrogen and oxygen atoms in total. The maximum absolute atomic E-state index is 14.6. The van der Waals surface area contributed by atoms with E-state index in [9.17, 15) is 9.18 Å². The molecule has 0 bridgehead atoms. The summed E-state index contributed by atoms with van der Waals surface area (Å²) >= 11 is 1.42. The number of nitrogens with zero attached hydrogens (tertiary/aromatic N) is 3. The second-order valence-electron chi connectivity index (χ2n) is 6.87. The van der Waals surface area contributed by atoms with Crippen molar-refractivity contribution in [3.63, 3.8) is 0 Å². The van der Waals surface area contributed by atoms with Crippen LogP contribution in [0.1, 0.15) is 17.3 Å². The molecule has 148 valence electrons. The highest BCUT2D eigenvalue weighted by Gasteiger charge is 2.35. The van der Waals surface area contributed by atoms with Gasteiger partial charge in [0.15, 0.2) is 11.3 Å². The highest BCUT2D eigenvalue weighted by molar-refractivity contribution is 8.13. The van der Waals surface area contributed by atoms with Crippen molar-refractivity contribution in [1.29, 1.82) is 0 Å². The highest BCUT2D eigenvalue weighted by atomic mass is 32.2. The molecule has 0 aromatic heterocycles. The Bertz CT molecular complexity index is 1280. The van der Waals surface area contributed by atoms with Crippen LogP contribution in [0.15, 0.2) is 89.0 Å². The first-order chi connectivity index (χ1) is 14.7. The third-order valence-electron chi connectivity index (χ3n) is 4.92. The number of nitrogens with one attached hydrogen (secondary N) is 1. The number of hydrogen-bond donors (Lipinski definition) is 1. The molecule has 0 saturated carbocycles. The number of benzene rings is 3. The number of fused-ring (bicyclic) bond motifs is 2. The van der Waals surface area contributed by atoms with Gasteiger partial charge in [-0.1, -0.05) is 78.5 Å². The number of hydrogen-bond acceptors (Lipinski definition) is 5. The fourth-order valence-corrected chi connectivity index (χ4v) is 4.31. The summed E-state index contributed by atoms with van der Waals surface area (Å²) in [7, 11) is 0. The molecule has 0 radical (unpaired) electrons. The van der Waals surface area contributed by atoms with Gasteiger partial charge in [-0.25, -0.2) is 9.40 Å². The lowest BCUT2D eigenvalue weighted by Gasteiger charge is -2.34. The van der Waals surface area contributed by atoms with E-state index in [0.717, 1.165) is 5.56 Å². The van der Waals surface area contributed by atoms with Crippen LogP contribution in [-0.2, 0) is 10.5 Å². The van der Waals surface area contributed by atoms with Crippen molar-refractivity contribution >= 4 is 28.5 Å². The third kappa shape index (κ3) is 3.37. The molecular formula is C23H17FN4OS. The molecule has 7 heteroatoms. The number of thioether (sulfide) groups is 1. The zero-order chi connectivity index (χ0) is 20.5. The molecule has 1 amide bonds. The predicted octanol–water partition coefficient (Wildman–Crippen LogP) is 2.90. The molecule has 3 aromatic carbocycles. The van der Waals surface area contributed by atoms with Gasteiger partial charge in [-0.15, -0.1) is 5.10 Å². The van der Waals surface area contributed by atoms with E-state index in [1.165, 1.54) is 22.8 Å². The van der Waals surface area contributed by atoms with Gasteiger partial charge in [0.2, 0.25) is 0 Å². The van der Waals surface area contributed by atoms with Crippen molar-refractivity contribution < 1.29 is 9.18 Å². The van der Waals surface area contributed by atoms with Crippen molar-refractivity contribution in [2.45, 2.75) is 11.9 Å². The van der Waals surface area contributed by atoms with Crippen LogP contribution in [0.2, 0.25) is 0 Å². The van der Waals surface area contributed by atoms with E-state index in [4.69, 9.17) is 4.99 Å². The summed E-state index contributed by atoms with van der Waals surface area (Å²) in [6, 6.07) is 23.7. The first kappa shape index (κ1) is 18.6. The van der Waals surface area contributed by atoms with Crippen LogP contribution in [0, 0.1) is 5.82 Å². The monoisotopic (exact) mass is 416 g/mol. The molecule has 30 heavy (non-hydrogen) atoms. The second kappa shape index (κ2) is 7.76. The maximum atomic E-state index is 14.6. The fraction of sp³-hybridized carbons (Fsp3) is 0.0870. The molecule has 0 saturated heterocycles.